The Morgan fingerprint density at radius 2 is 1.73 bits per heavy atom. The molecule has 0 radical (unpaired) electrons. The summed E-state index contributed by atoms with van der Waals surface area (Å²) in [6.45, 7) is 0.722. The largest absolute Gasteiger partial charge is 0.356 e. The average molecular weight is 457 g/mol. The number of carbonyl (C=O) groups is 2. The van der Waals surface area contributed by atoms with Gasteiger partial charge in [-0.15, -0.1) is 0 Å². The molecule has 0 atom stereocenters. The minimum Gasteiger partial charge on any atom is -0.356 e. The number of non-ortho nitro benzene ring substituents is 1. The van der Waals surface area contributed by atoms with Gasteiger partial charge in [0.05, 0.1) is 4.92 Å². The number of nitrogens with zero attached hydrogens (tertiary/aromatic N) is 2. The quantitative estimate of drug-likeness (QED) is 0.289. The van der Waals surface area contributed by atoms with Gasteiger partial charge in [0, 0.05) is 43.0 Å². The van der Waals surface area contributed by atoms with E-state index in [0.29, 0.717) is 43.2 Å². The zero-order valence-corrected chi connectivity index (χ0v) is 18.5. The monoisotopic (exact) mass is 456 g/mol. The molecule has 0 unspecified atom stereocenters. The van der Waals surface area contributed by atoms with Crippen LogP contribution in [0.15, 0.2) is 48.5 Å². The number of anilines is 2. The molecular weight excluding hydrogens is 427 g/mol. The zero-order valence-electron chi connectivity index (χ0n) is 18.5. The van der Waals surface area contributed by atoms with Crippen molar-refractivity contribution in [3.63, 3.8) is 0 Å². The summed E-state index contributed by atoms with van der Waals surface area (Å²) in [5, 5.41) is 16.4. The molecule has 176 valence electrons. The van der Waals surface area contributed by atoms with Crippen LogP contribution in [0.1, 0.15) is 44.9 Å². The summed E-state index contributed by atoms with van der Waals surface area (Å²) in [7, 11) is 0. The molecule has 2 aromatic carbocycles. The third-order valence-electron chi connectivity index (χ3n) is 5.85. The molecule has 33 heavy (non-hydrogen) atoms. The lowest BCUT2D eigenvalue weighted by Gasteiger charge is -2.23. The van der Waals surface area contributed by atoms with Crippen molar-refractivity contribution in [3.05, 3.63) is 64.5 Å². The predicted octanol–water partition coefficient (Wildman–Crippen LogP) is 5.25. The van der Waals surface area contributed by atoms with E-state index in [-0.39, 0.29) is 11.6 Å². The molecule has 3 amide bonds. The van der Waals surface area contributed by atoms with E-state index in [4.69, 9.17) is 0 Å². The first-order valence-corrected chi connectivity index (χ1v) is 11.3. The Hall–Kier alpha value is -3.49. The van der Waals surface area contributed by atoms with Gasteiger partial charge in [-0.25, -0.2) is 9.18 Å². The smallest absolute Gasteiger partial charge is 0.326 e. The highest BCUT2D eigenvalue weighted by molar-refractivity contribution is 6.01. The Labute approximate surface area is 192 Å². The van der Waals surface area contributed by atoms with Gasteiger partial charge in [-0.2, -0.15) is 0 Å². The van der Waals surface area contributed by atoms with Crippen molar-refractivity contribution in [3.8, 4) is 0 Å². The summed E-state index contributed by atoms with van der Waals surface area (Å²) in [5.41, 5.74) is 0.827. The minimum atomic E-state index is -0.515. The second-order valence-electron chi connectivity index (χ2n) is 8.25. The van der Waals surface area contributed by atoms with Gasteiger partial charge in [-0.05, 0) is 55.2 Å². The molecule has 0 heterocycles. The van der Waals surface area contributed by atoms with Gasteiger partial charge in [0.25, 0.3) is 5.69 Å². The first-order chi connectivity index (χ1) is 15.9. The molecule has 0 aromatic heterocycles. The number of hydrogen-bond acceptors (Lipinski definition) is 4. The number of nitro benzene ring substituents is 1. The molecular formula is C24H29FN4O4. The summed E-state index contributed by atoms with van der Waals surface area (Å²) >= 11 is 0. The van der Waals surface area contributed by atoms with E-state index in [1.807, 2.05) is 0 Å². The Kier molecular flexibility index (Phi) is 8.74. The number of nitrogens with one attached hydrogen (secondary N) is 2. The van der Waals surface area contributed by atoms with E-state index in [0.717, 1.165) is 6.42 Å². The maximum absolute atomic E-state index is 13.4. The molecule has 3 rings (SSSR count). The molecule has 2 N–H and O–H groups in total. The number of nitro groups is 1. The van der Waals surface area contributed by atoms with Crippen LogP contribution in [0, 0.1) is 21.8 Å². The van der Waals surface area contributed by atoms with E-state index < -0.39 is 16.8 Å². The lowest BCUT2D eigenvalue weighted by Crippen LogP contribution is -2.37. The van der Waals surface area contributed by atoms with Gasteiger partial charge < -0.3 is 10.6 Å². The molecule has 9 heteroatoms. The Morgan fingerprint density at radius 3 is 2.36 bits per heavy atom. The van der Waals surface area contributed by atoms with Gasteiger partial charge in [-0.3, -0.25) is 19.8 Å². The second-order valence-corrected chi connectivity index (χ2v) is 8.25. The van der Waals surface area contributed by atoms with Gasteiger partial charge in [0.15, 0.2) is 0 Å². The van der Waals surface area contributed by atoms with Crippen LogP contribution in [0.5, 0.6) is 0 Å². The van der Waals surface area contributed by atoms with Crippen LogP contribution in [-0.4, -0.2) is 30.0 Å². The number of rotatable bonds is 10. The number of halogens is 1. The van der Waals surface area contributed by atoms with E-state index in [1.165, 1.54) is 79.1 Å². The minimum absolute atomic E-state index is 0.0190. The zero-order chi connectivity index (χ0) is 23.6. The van der Waals surface area contributed by atoms with Crippen LogP contribution < -0.4 is 15.5 Å². The van der Waals surface area contributed by atoms with E-state index in [2.05, 4.69) is 10.6 Å². The molecule has 1 aliphatic rings. The third kappa shape index (κ3) is 7.55. The van der Waals surface area contributed by atoms with Crippen molar-refractivity contribution in [2.75, 3.05) is 23.3 Å². The van der Waals surface area contributed by atoms with Crippen LogP contribution in [0.25, 0.3) is 0 Å². The lowest BCUT2D eigenvalue weighted by atomic mass is 10.0. The van der Waals surface area contributed by atoms with Crippen LogP contribution in [0.4, 0.5) is 26.2 Å². The van der Waals surface area contributed by atoms with Gasteiger partial charge in [0.2, 0.25) is 5.91 Å². The molecule has 1 aliphatic carbocycles. The predicted molar refractivity (Wildman–Crippen MR) is 125 cm³/mol. The molecule has 0 spiro atoms. The van der Waals surface area contributed by atoms with Gasteiger partial charge >= 0.3 is 6.03 Å². The summed E-state index contributed by atoms with van der Waals surface area (Å²) < 4.78 is 13.4. The summed E-state index contributed by atoms with van der Waals surface area (Å²) in [6, 6.07) is 10.6. The van der Waals surface area contributed by atoms with E-state index in [9.17, 15) is 24.1 Å². The Bertz CT molecular complexity index is 944. The van der Waals surface area contributed by atoms with Gasteiger partial charge in [0.1, 0.15) is 5.82 Å². The Balaban J connectivity index is 1.53. The van der Waals surface area contributed by atoms with E-state index >= 15 is 0 Å². The highest BCUT2D eigenvalue weighted by atomic mass is 19.1. The SMILES string of the molecule is O=C(CCC1CCCC1)NCCCN(C(=O)Nc1ccc([N+](=O)[O-])cc1)c1ccc(F)cc1. The average Bonchev–Trinajstić information content (AvgIpc) is 3.32. The first-order valence-electron chi connectivity index (χ1n) is 11.3. The maximum atomic E-state index is 13.4. The van der Waals surface area contributed by atoms with Crippen molar-refractivity contribution in [1.29, 1.82) is 0 Å². The molecule has 8 nitrogen and oxygen atoms in total. The topological polar surface area (TPSA) is 105 Å². The number of carbonyl (C=O) groups excluding carboxylic acids is 2. The van der Waals surface area contributed by atoms with Crippen molar-refractivity contribution >= 4 is 29.0 Å². The normalized spacial score (nSPS) is 13.5. The molecule has 0 bridgehead atoms. The fourth-order valence-electron chi connectivity index (χ4n) is 4.01. The second kappa shape index (κ2) is 11.9. The van der Waals surface area contributed by atoms with Crippen LogP contribution in [-0.2, 0) is 4.79 Å². The van der Waals surface area contributed by atoms with Crippen LogP contribution >= 0.6 is 0 Å². The third-order valence-corrected chi connectivity index (χ3v) is 5.85. The Morgan fingerprint density at radius 1 is 1.06 bits per heavy atom. The molecule has 1 saturated carbocycles. The lowest BCUT2D eigenvalue weighted by molar-refractivity contribution is -0.384. The highest BCUT2D eigenvalue weighted by Crippen LogP contribution is 2.28. The molecule has 0 saturated heterocycles. The van der Waals surface area contributed by atoms with Crippen LogP contribution in [0.2, 0.25) is 0 Å². The molecule has 0 aliphatic heterocycles. The highest BCUT2D eigenvalue weighted by Gasteiger charge is 2.18. The fourth-order valence-corrected chi connectivity index (χ4v) is 4.01. The summed E-state index contributed by atoms with van der Waals surface area (Å²) in [4.78, 5) is 36.7. The van der Waals surface area contributed by atoms with Crippen LogP contribution in [0.3, 0.4) is 0 Å². The standard InChI is InChI=1S/C24H29FN4O4/c25-19-7-11-21(12-8-19)28(24(31)27-20-9-13-22(14-10-20)29(32)33)17-3-16-26-23(30)15-6-18-4-1-2-5-18/h7-14,18H,1-6,15-17H2,(H,26,30)(H,27,31). The molecule has 1 fully saturated rings. The summed E-state index contributed by atoms with van der Waals surface area (Å²) in [5.74, 6) is 0.266. The molecule has 2 aromatic rings. The van der Waals surface area contributed by atoms with Crippen molar-refractivity contribution in [1.82, 2.24) is 5.32 Å². The summed E-state index contributed by atoms with van der Waals surface area (Å²) in [6.07, 6.45) is 6.90. The number of benzene rings is 2. The van der Waals surface area contributed by atoms with E-state index in [1.54, 1.807) is 0 Å². The maximum Gasteiger partial charge on any atom is 0.326 e. The van der Waals surface area contributed by atoms with Crippen molar-refractivity contribution in [2.24, 2.45) is 5.92 Å². The first kappa shape index (κ1) is 24.2. The number of amides is 3. The van der Waals surface area contributed by atoms with Crippen molar-refractivity contribution < 1.29 is 18.9 Å². The fraction of sp³-hybridized carbons (Fsp3) is 0.417. The van der Waals surface area contributed by atoms with Crippen molar-refractivity contribution in [2.45, 2.75) is 44.9 Å². The number of hydrogen-bond donors (Lipinski definition) is 2. The van der Waals surface area contributed by atoms with Gasteiger partial charge in [-0.1, -0.05) is 25.7 Å². The number of urea groups is 1.